The van der Waals surface area contributed by atoms with E-state index in [1.54, 1.807) is 18.2 Å². The molecule has 1 fully saturated rings. The van der Waals surface area contributed by atoms with Crippen LogP contribution in [-0.2, 0) is 16.9 Å². The molecule has 0 spiro atoms. The summed E-state index contributed by atoms with van der Waals surface area (Å²) < 4.78 is 58.1. The molecule has 0 radical (unpaired) electrons. The zero-order valence-electron chi connectivity index (χ0n) is 22.4. The third-order valence-electron chi connectivity index (χ3n) is 7.01. The van der Waals surface area contributed by atoms with E-state index in [9.17, 15) is 23.1 Å². The van der Waals surface area contributed by atoms with Crippen LogP contribution >= 0.6 is 0 Å². The molecule has 1 aliphatic rings. The number of anilines is 2. The van der Waals surface area contributed by atoms with E-state index in [4.69, 9.17) is 0 Å². The number of β-amino-alcohol motifs (C(OH)–C–C–N with tert-alkyl or cyclic N) is 1. The van der Waals surface area contributed by atoms with Crippen molar-refractivity contribution >= 4 is 23.4 Å². The van der Waals surface area contributed by atoms with Gasteiger partial charge in [0, 0.05) is 56.1 Å². The second kappa shape index (κ2) is 12.5. The van der Waals surface area contributed by atoms with E-state index in [1.807, 2.05) is 9.80 Å². The zero-order chi connectivity index (χ0) is 29.7. The van der Waals surface area contributed by atoms with Gasteiger partial charge in [-0.05, 0) is 48.0 Å². The zero-order valence-corrected chi connectivity index (χ0v) is 22.4. The number of halogens is 4. The Hall–Kier alpha value is -4.55. The molecule has 3 aromatic carbocycles. The molecule has 1 saturated heterocycles. The smallest absolute Gasteiger partial charge is 0.248 e. The summed E-state index contributed by atoms with van der Waals surface area (Å²) in [6, 6.07) is 13.2. The summed E-state index contributed by atoms with van der Waals surface area (Å²) in [4.78, 5) is 19.9. The number of nitrogens with zero attached hydrogens (tertiary/aromatic N) is 5. The summed E-state index contributed by atoms with van der Waals surface area (Å²) in [5.41, 5.74) is -0.655. The number of aliphatic hydroxyl groups is 1. The van der Waals surface area contributed by atoms with E-state index in [0.29, 0.717) is 37.4 Å². The number of hydrogen-bond acceptors (Lipinski definition) is 6. The normalized spacial score (nSPS) is 15.6. The third kappa shape index (κ3) is 7.01. The van der Waals surface area contributed by atoms with Gasteiger partial charge >= 0.3 is 0 Å². The van der Waals surface area contributed by atoms with Gasteiger partial charge in [-0.15, -0.1) is 0 Å². The average Bonchev–Trinajstić information content (AvgIpc) is 3.45. The van der Waals surface area contributed by atoms with Crippen LogP contribution in [0.5, 0.6) is 0 Å². The topological polar surface area (TPSA) is 86.5 Å². The van der Waals surface area contributed by atoms with E-state index in [1.165, 1.54) is 59.8 Å². The lowest BCUT2D eigenvalue weighted by Crippen LogP contribution is -2.52. The molecule has 0 aliphatic carbocycles. The van der Waals surface area contributed by atoms with Crippen LogP contribution in [0.1, 0.15) is 11.1 Å². The lowest BCUT2D eigenvalue weighted by atomic mass is 9.92. The Morgan fingerprint density at radius 3 is 2.40 bits per heavy atom. The predicted molar refractivity (Wildman–Crippen MR) is 149 cm³/mol. The van der Waals surface area contributed by atoms with Crippen molar-refractivity contribution in [1.82, 2.24) is 19.7 Å². The highest BCUT2D eigenvalue weighted by atomic mass is 19.1. The molecular weight excluding hydrogens is 552 g/mol. The maximum Gasteiger partial charge on any atom is 0.248 e. The van der Waals surface area contributed by atoms with Crippen molar-refractivity contribution in [3.63, 3.8) is 0 Å². The molecule has 0 bridgehead atoms. The summed E-state index contributed by atoms with van der Waals surface area (Å²) >= 11 is 0. The van der Waals surface area contributed by atoms with Gasteiger partial charge in [-0.25, -0.2) is 27.2 Å². The maximum absolute atomic E-state index is 15.1. The van der Waals surface area contributed by atoms with Gasteiger partial charge in [0.2, 0.25) is 5.91 Å². The molecule has 5 rings (SSSR count). The minimum absolute atomic E-state index is 0.0276. The molecule has 2 heterocycles. The fourth-order valence-electron chi connectivity index (χ4n) is 4.99. The lowest BCUT2D eigenvalue weighted by molar-refractivity contribution is -0.111. The van der Waals surface area contributed by atoms with Crippen molar-refractivity contribution in [2.45, 2.75) is 12.1 Å². The molecule has 1 amide bonds. The number of hydrogen-bond donors (Lipinski definition) is 2. The van der Waals surface area contributed by atoms with Gasteiger partial charge in [-0.3, -0.25) is 9.69 Å². The predicted octanol–water partition coefficient (Wildman–Crippen LogP) is 4.20. The largest absolute Gasteiger partial charge is 0.382 e. The number of carbonyl (C=O) groups is 1. The maximum atomic E-state index is 15.1. The number of benzene rings is 3. The Balaban J connectivity index is 1.21. The van der Waals surface area contributed by atoms with Gasteiger partial charge in [-0.1, -0.05) is 18.2 Å². The Morgan fingerprint density at radius 2 is 1.71 bits per heavy atom. The van der Waals surface area contributed by atoms with E-state index >= 15 is 4.39 Å². The van der Waals surface area contributed by atoms with E-state index in [0.717, 1.165) is 12.1 Å². The molecule has 2 N–H and O–H groups in total. The molecule has 8 nitrogen and oxygen atoms in total. The molecule has 1 aliphatic heterocycles. The minimum atomic E-state index is -1.73. The van der Waals surface area contributed by atoms with Crippen molar-refractivity contribution in [2.24, 2.45) is 0 Å². The molecule has 1 atom stereocenters. The van der Waals surface area contributed by atoms with Crippen molar-refractivity contribution in [3.8, 4) is 0 Å². The Kier molecular flexibility index (Phi) is 8.64. The van der Waals surface area contributed by atoms with Crippen LogP contribution in [0.15, 0.2) is 79.4 Å². The highest BCUT2D eigenvalue weighted by Gasteiger charge is 2.36. The van der Waals surface area contributed by atoms with Gasteiger partial charge < -0.3 is 15.3 Å². The van der Waals surface area contributed by atoms with Crippen LogP contribution in [0.3, 0.4) is 0 Å². The number of amides is 1. The van der Waals surface area contributed by atoms with Gasteiger partial charge in [-0.2, -0.15) is 5.10 Å². The average molecular weight is 581 g/mol. The summed E-state index contributed by atoms with van der Waals surface area (Å²) in [7, 11) is 0. The number of rotatable bonds is 9. The molecule has 218 valence electrons. The van der Waals surface area contributed by atoms with E-state index in [-0.39, 0.29) is 24.3 Å². The van der Waals surface area contributed by atoms with Crippen LogP contribution in [0.2, 0.25) is 0 Å². The van der Waals surface area contributed by atoms with Crippen molar-refractivity contribution in [1.29, 1.82) is 0 Å². The quantitative estimate of drug-likeness (QED) is 0.228. The first-order valence-corrected chi connectivity index (χ1v) is 13.2. The first-order valence-electron chi connectivity index (χ1n) is 13.2. The van der Waals surface area contributed by atoms with Crippen molar-refractivity contribution in [2.75, 3.05) is 42.9 Å². The number of aromatic nitrogens is 3. The first kappa shape index (κ1) is 29.0. The molecule has 42 heavy (non-hydrogen) atoms. The second-order valence-corrected chi connectivity index (χ2v) is 10.1. The molecule has 4 aromatic rings. The number of carbonyl (C=O) groups excluding carboxylic acids is 1. The van der Waals surface area contributed by atoms with Gasteiger partial charge in [0.05, 0.1) is 12.2 Å². The van der Waals surface area contributed by atoms with Gasteiger partial charge in [0.15, 0.2) is 0 Å². The standard InChI is InChI=1S/C30H28F4N6O2/c31-22-3-1-2-21(14-22)4-9-29(41)37-24-6-8-28(27(34)16-24)39-12-10-38(11-13-39)17-30(42,18-40-20-35-19-36-40)25-7-5-23(32)15-26(25)33/h1-9,14-16,19-20,42H,10-13,17-18H2,(H,37,41)/b9-4+. The Morgan fingerprint density at radius 1 is 0.929 bits per heavy atom. The van der Waals surface area contributed by atoms with Gasteiger partial charge in [0.25, 0.3) is 0 Å². The van der Waals surface area contributed by atoms with Crippen LogP contribution in [0.4, 0.5) is 28.9 Å². The Bertz CT molecular complexity index is 1570. The van der Waals surface area contributed by atoms with Crippen LogP contribution in [0.25, 0.3) is 6.08 Å². The highest BCUT2D eigenvalue weighted by Crippen LogP contribution is 2.29. The summed E-state index contributed by atoms with van der Waals surface area (Å²) in [5.74, 6) is -3.04. The summed E-state index contributed by atoms with van der Waals surface area (Å²) in [6.45, 7) is 1.64. The first-order chi connectivity index (χ1) is 20.2. The second-order valence-electron chi connectivity index (χ2n) is 10.1. The number of piperazine rings is 1. The van der Waals surface area contributed by atoms with Gasteiger partial charge in [0.1, 0.15) is 41.5 Å². The molecular formula is C30H28F4N6O2. The third-order valence-corrected chi connectivity index (χ3v) is 7.01. The highest BCUT2D eigenvalue weighted by molar-refractivity contribution is 6.02. The van der Waals surface area contributed by atoms with Crippen LogP contribution in [-0.4, -0.2) is 63.4 Å². The summed E-state index contributed by atoms with van der Waals surface area (Å²) in [5, 5.41) is 18.2. The fourth-order valence-corrected chi connectivity index (χ4v) is 4.99. The molecule has 0 saturated carbocycles. The summed E-state index contributed by atoms with van der Waals surface area (Å²) in [6.07, 6.45) is 5.40. The molecule has 12 heteroatoms. The van der Waals surface area contributed by atoms with E-state index in [2.05, 4.69) is 15.4 Å². The van der Waals surface area contributed by atoms with Crippen LogP contribution < -0.4 is 10.2 Å². The molecule has 1 aromatic heterocycles. The fraction of sp³-hybridized carbons (Fsp3) is 0.233. The van der Waals surface area contributed by atoms with E-state index < -0.39 is 34.8 Å². The Labute approximate surface area is 239 Å². The SMILES string of the molecule is O=C(/C=C/c1cccc(F)c1)Nc1ccc(N2CCN(CC(O)(Cn3cncn3)c3ccc(F)cc3F)CC2)c(F)c1. The molecule has 1 unspecified atom stereocenters. The van der Waals surface area contributed by atoms with Crippen LogP contribution in [0, 0.1) is 23.3 Å². The van der Waals surface area contributed by atoms with Crippen molar-refractivity contribution < 1.29 is 27.5 Å². The number of nitrogens with one attached hydrogen (secondary N) is 1. The minimum Gasteiger partial charge on any atom is -0.382 e. The van der Waals surface area contributed by atoms with Crippen molar-refractivity contribution in [3.05, 3.63) is 114 Å². The monoisotopic (exact) mass is 580 g/mol. The lowest BCUT2D eigenvalue weighted by Gasteiger charge is -2.40.